The molecule has 3 atom stereocenters. The molecule has 2 rings (SSSR count). The van der Waals surface area contributed by atoms with Crippen molar-refractivity contribution in [2.75, 3.05) is 19.3 Å². The highest BCUT2D eigenvalue weighted by Crippen LogP contribution is 2.34. The maximum absolute atomic E-state index is 12.3. The normalized spacial score (nSPS) is 33.5. The summed E-state index contributed by atoms with van der Waals surface area (Å²) >= 11 is 0. The van der Waals surface area contributed by atoms with Crippen LogP contribution >= 0.6 is 0 Å². The smallest absolute Gasteiger partial charge is 0.211 e. The van der Waals surface area contributed by atoms with Crippen molar-refractivity contribution < 1.29 is 13.2 Å². The zero-order valence-electron chi connectivity index (χ0n) is 12.0. The van der Waals surface area contributed by atoms with E-state index in [0.29, 0.717) is 31.2 Å². The van der Waals surface area contributed by atoms with E-state index in [1.165, 1.54) is 10.6 Å². The Hall–Kier alpha value is -0.420. The van der Waals surface area contributed by atoms with Crippen LogP contribution in [0.4, 0.5) is 0 Å². The van der Waals surface area contributed by atoms with Crippen LogP contribution in [0.2, 0.25) is 0 Å². The van der Waals surface area contributed by atoms with Crippen molar-refractivity contribution in [1.29, 1.82) is 0 Å². The van der Waals surface area contributed by atoms with Crippen LogP contribution in [0, 0.1) is 17.8 Å². The SMILES string of the molecule is CC1CCCC1C(=O)CC1CCCN(S(C)(=O)=O)C1. The van der Waals surface area contributed by atoms with Gasteiger partial charge in [-0.3, -0.25) is 4.79 Å². The van der Waals surface area contributed by atoms with E-state index in [2.05, 4.69) is 6.92 Å². The molecule has 1 saturated heterocycles. The number of hydrogen-bond donors (Lipinski definition) is 0. The van der Waals surface area contributed by atoms with Gasteiger partial charge in [-0.1, -0.05) is 13.3 Å². The molecule has 1 heterocycles. The molecule has 0 bridgehead atoms. The van der Waals surface area contributed by atoms with E-state index in [0.717, 1.165) is 32.1 Å². The van der Waals surface area contributed by atoms with Crippen LogP contribution in [-0.2, 0) is 14.8 Å². The third-order valence-corrected chi connectivity index (χ3v) is 5.99. The number of sulfonamides is 1. The molecule has 2 fully saturated rings. The molecule has 0 spiro atoms. The van der Waals surface area contributed by atoms with Crippen molar-refractivity contribution in [2.45, 2.75) is 45.4 Å². The molecule has 19 heavy (non-hydrogen) atoms. The van der Waals surface area contributed by atoms with Gasteiger partial charge in [0.05, 0.1) is 6.26 Å². The molecule has 0 radical (unpaired) electrons. The Bertz CT molecular complexity index is 432. The lowest BCUT2D eigenvalue weighted by molar-refractivity contribution is -0.124. The lowest BCUT2D eigenvalue weighted by Gasteiger charge is -2.31. The Balaban J connectivity index is 1.90. The van der Waals surface area contributed by atoms with E-state index in [1.54, 1.807) is 0 Å². The third kappa shape index (κ3) is 3.78. The first-order valence-electron chi connectivity index (χ1n) is 7.35. The fourth-order valence-corrected chi connectivity index (χ4v) is 4.50. The first-order chi connectivity index (χ1) is 8.88. The summed E-state index contributed by atoms with van der Waals surface area (Å²) in [4.78, 5) is 12.3. The van der Waals surface area contributed by atoms with E-state index in [9.17, 15) is 13.2 Å². The minimum atomic E-state index is -3.10. The maximum Gasteiger partial charge on any atom is 0.211 e. The van der Waals surface area contributed by atoms with Crippen LogP contribution in [0.25, 0.3) is 0 Å². The summed E-state index contributed by atoms with van der Waals surface area (Å²) in [5, 5.41) is 0. The molecule has 1 aliphatic carbocycles. The quantitative estimate of drug-likeness (QED) is 0.795. The Labute approximate surface area is 116 Å². The van der Waals surface area contributed by atoms with Gasteiger partial charge in [0, 0.05) is 25.4 Å². The van der Waals surface area contributed by atoms with Crippen molar-refractivity contribution in [1.82, 2.24) is 4.31 Å². The predicted octanol–water partition coefficient (Wildman–Crippen LogP) is 2.05. The van der Waals surface area contributed by atoms with Crippen molar-refractivity contribution in [3.63, 3.8) is 0 Å². The predicted molar refractivity (Wildman–Crippen MR) is 75.3 cm³/mol. The van der Waals surface area contributed by atoms with Crippen molar-refractivity contribution >= 4 is 15.8 Å². The summed E-state index contributed by atoms with van der Waals surface area (Å²) in [7, 11) is -3.10. The lowest BCUT2D eigenvalue weighted by atomic mass is 9.85. The first-order valence-corrected chi connectivity index (χ1v) is 9.20. The lowest BCUT2D eigenvalue weighted by Crippen LogP contribution is -2.40. The molecule has 4 nitrogen and oxygen atoms in total. The van der Waals surface area contributed by atoms with E-state index >= 15 is 0 Å². The fourth-order valence-electron chi connectivity index (χ4n) is 3.55. The average molecular weight is 287 g/mol. The number of nitrogens with zero attached hydrogens (tertiary/aromatic N) is 1. The largest absolute Gasteiger partial charge is 0.299 e. The van der Waals surface area contributed by atoms with E-state index in [1.807, 2.05) is 0 Å². The van der Waals surface area contributed by atoms with Crippen LogP contribution in [-0.4, -0.2) is 37.9 Å². The van der Waals surface area contributed by atoms with Crippen LogP contribution in [0.1, 0.15) is 45.4 Å². The van der Waals surface area contributed by atoms with Gasteiger partial charge >= 0.3 is 0 Å². The van der Waals surface area contributed by atoms with Gasteiger partial charge in [-0.05, 0) is 37.5 Å². The van der Waals surface area contributed by atoms with Gasteiger partial charge < -0.3 is 0 Å². The molecule has 0 aromatic heterocycles. The summed E-state index contributed by atoms with van der Waals surface area (Å²) in [6.45, 7) is 3.31. The summed E-state index contributed by atoms with van der Waals surface area (Å²) < 4.78 is 24.7. The highest BCUT2D eigenvalue weighted by molar-refractivity contribution is 7.88. The third-order valence-electron chi connectivity index (χ3n) is 4.72. The average Bonchev–Trinajstić information content (AvgIpc) is 2.75. The summed E-state index contributed by atoms with van der Waals surface area (Å²) in [5.74, 6) is 1.34. The fraction of sp³-hybridized carbons (Fsp3) is 0.929. The zero-order valence-corrected chi connectivity index (χ0v) is 12.8. The Kier molecular flexibility index (Phi) is 4.66. The van der Waals surface area contributed by atoms with E-state index in [-0.39, 0.29) is 11.8 Å². The molecular formula is C14H25NO3S. The molecule has 2 aliphatic rings. The highest BCUT2D eigenvalue weighted by Gasteiger charge is 2.33. The van der Waals surface area contributed by atoms with Crippen molar-refractivity contribution in [3.8, 4) is 0 Å². The molecule has 3 unspecified atom stereocenters. The number of rotatable bonds is 4. The monoisotopic (exact) mass is 287 g/mol. The molecule has 5 heteroatoms. The molecule has 0 aromatic carbocycles. The number of carbonyl (C=O) groups excluding carboxylic acids is 1. The zero-order chi connectivity index (χ0) is 14.0. The van der Waals surface area contributed by atoms with Gasteiger partial charge in [-0.2, -0.15) is 0 Å². The van der Waals surface area contributed by atoms with Crippen LogP contribution in [0.3, 0.4) is 0 Å². The molecule has 0 aromatic rings. The molecule has 1 saturated carbocycles. The summed E-state index contributed by atoms with van der Waals surface area (Å²) in [5.41, 5.74) is 0. The Morgan fingerprint density at radius 2 is 1.95 bits per heavy atom. The number of hydrogen-bond acceptors (Lipinski definition) is 3. The number of Topliss-reactive ketones (excluding diaryl/α,β-unsaturated/α-hetero) is 1. The minimum absolute atomic E-state index is 0.226. The van der Waals surface area contributed by atoms with Gasteiger partial charge in [0.25, 0.3) is 0 Å². The summed E-state index contributed by atoms with van der Waals surface area (Å²) in [6.07, 6.45) is 7.05. The second-order valence-electron chi connectivity index (χ2n) is 6.31. The standard InChI is InChI=1S/C14H25NO3S/c1-11-5-3-7-13(11)14(16)9-12-6-4-8-15(10-12)19(2,17)18/h11-13H,3-10H2,1-2H3. The Morgan fingerprint density at radius 3 is 2.53 bits per heavy atom. The number of piperidine rings is 1. The van der Waals surface area contributed by atoms with Crippen molar-refractivity contribution in [2.24, 2.45) is 17.8 Å². The van der Waals surface area contributed by atoms with Crippen LogP contribution in [0.15, 0.2) is 0 Å². The van der Waals surface area contributed by atoms with Crippen LogP contribution in [0.5, 0.6) is 0 Å². The minimum Gasteiger partial charge on any atom is -0.299 e. The molecule has 110 valence electrons. The number of ketones is 1. The topological polar surface area (TPSA) is 54.5 Å². The second kappa shape index (κ2) is 5.92. The molecular weight excluding hydrogens is 262 g/mol. The van der Waals surface area contributed by atoms with Crippen LogP contribution < -0.4 is 0 Å². The molecule has 1 aliphatic heterocycles. The highest BCUT2D eigenvalue weighted by atomic mass is 32.2. The molecule has 0 amide bonds. The van der Waals surface area contributed by atoms with Gasteiger partial charge in [0.2, 0.25) is 10.0 Å². The van der Waals surface area contributed by atoms with E-state index < -0.39 is 10.0 Å². The maximum atomic E-state index is 12.3. The van der Waals surface area contributed by atoms with Gasteiger partial charge in [0.15, 0.2) is 0 Å². The van der Waals surface area contributed by atoms with Gasteiger partial charge in [0.1, 0.15) is 5.78 Å². The Morgan fingerprint density at radius 1 is 1.21 bits per heavy atom. The number of carbonyl (C=O) groups is 1. The van der Waals surface area contributed by atoms with Gasteiger partial charge in [-0.25, -0.2) is 12.7 Å². The second-order valence-corrected chi connectivity index (χ2v) is 8.30. The van der Waals surface area contributed by atoms with Crippen molar-refractivity contribution in [3.05, 3.63) is 0 Å². The van der Waals surface area contributed by atoms with E-state index in [4.69, 9.17) is 0 Å². The summed E-state index contributed by atoms with van der Waals surface area (Å²) in [6, 6.07) is 0. The first kappa shape index (κ1) is 15.0. The van der Waals surface area contributed by atoms with Gasteiger partial charge in [-0.15, -0.1) is 0 Å². The molecule has 0 N–H and O–H groups in total.